The van der Waals surface area contributed by atoms with Crippen molar-refractivity contribution in [1.82, 2.24) is 15.2 Å². The minimum absolute atomic E-state index is 0.124. The number of morpholine rings is 1. The first-order valence-electron chi connectivity index (χ1n) is 14.5. The number of carbonyl (C=O) groups excluding carboxylic acids is 1. The maximum atomic E-state index is 14.9. The first-order chi connectivity index (χ1) is 21.3. The zero-order chi connectivity index (χ0) is 31.1. The van der Waals surface area contributed by atoms with Crippen LogP contribution in [0.15, 0.2) is 79.1 Å². The second-order valence-electron chi connectivity index (χ2n) is 11.0. The third-order valence-corrected chi connectivity index (χ3v) is 7.80. The Balaban J connectivity index is 1.13. The molecule has 0 aliphatic carbocycles. The summed E-state index contributed by atoms with van der Waals surface area (Å²) in [4.78, 5) is 30.0. The van der Waals surface area contributed by atoms with Gasteiger partial charge in [0.25, 0.3) is 0 Å². The van der Waals surface area contributed by atoms with Crippen molar-refractivity contribution < 1.29 is 28.2 Å². The van der Waals surface area contributed by atoms with Crippen LogP contribution in [0.25, 0.3) is 10.8 Å². The van der Waals surface area contributed by atoms with Gasteiger partial charge in [0.1, 0.15) is 11.6 Å². The lowest BCUT2D eigenvalue weighted by molar-refractivity contribution is -0.117. The van der Waals surface area contributed by atoms with Gasteiger partial charge in [-0.1, -0.05) is 54.6 Å². The highest BCUT2D eigenvalue weighted by atomic mass is 19.1. The van der Waals surface area contributed by atoms with Crippen LogP contribution in [-0.2, 0) is 28.9 Å². The van der Waals surface area contributed by atoms with Gasteiger partial charge >= 0.3 is 6.09 Å². The lowest BCUT2D eigenvalue weighted by atomic mass is 9.98. The summed E-state index contributed by atoms with van der Waals surface area (Å²) in [5.74, 6) is -1.36. The van der Waals surface area contributed by atoms with Crippen LogP contribution in [0, 0.1) is 11.6 Å². The third-order valence-electron chi connectivity index (χ3n) is 7.80. The molecule has 0 spiro atoms. The molecule has 0 radical (unpaired) electrons. The van der Waals surface area contributed by atoms with Crippen LogP contribution in [0.2, 0.25) is 0 Å². The minimum Gasteiger partial charge on any atom is -0.465 e. The second-order valence-corrected chi connectivity index (χ2v) is 11.0. The molecule has 0 unspecified atom stereocenters. The van der Waals surface area contributed by atoms with Crippen LogP contribution < -0.4 is 16.4 Å². The normalized spacial score (nSPS) is 17.2. The van der Waals surface area contributed by atoms with Crippen LogP contribution in [0.5, 0.6) is 0 Å². The zero-order valence-electron chi connectivity index (χ0n) is 24.1. The molecule has 0 saturated carbocycles. The summed E-state index contributed by atoms with van der Waals surface area (Å²) in [7, 11) is 0. The van der Waals surface area contributed by atoms with Gasteiger partial charge in [-0.2, -0.15) is 0 Å². The van der Waals surface area contributed by atoms with Gasteiger partial charge in [-0.25, -0.2) is 13.6 Å². The van der Waals surface area contributed by atoms with Gasteiger partial charge in [0.2, 0.25) is 5.91 Å². The highest BCUT2D eigenvalue weighted by molar-refractivity contribution is 5.96. The minimum atomic E-state index is -1.09. The van der Waals surface area contributed by atoms with Crippen LogP contribution in [0.3, 0.4) is 0 Å². The fourth-order valence-electron chi connectivity index (χ4n) is 5.41. The molecular formula is C33H35F2N5O4. The van der Waals surface area contributed by atoms with Crippen LogP contribution in [0.4, 0.5) is 19.3 Å². The second kappa shape index (κ2) is 14.3. The molecule has 5 rings (SSSR count). The molecule has 44 heavy (non-hydrogen) atoms. The van der Waals surface area contributed by atoms with Gasteiger partial charge in [0.15, 0.2) is 0 Å². The van der Waals surface area contributed by atoms with Crippen molar-refractivity contribution in [2.75, 3.05) is 25.0 Å². The predicted octanol–water partition coefficient (Wildman–Crippen LogP) is 4.49. The van der Waals surface area contributed by atoms with Crippen LogP contribution >= 0.6 is 0 Å². The summed E-state index contributed by atoms with van der Waals surface area (Å²) in [6.45, 7) is 1.02. The van der Waals surface area contributed by atoms with Crippen molar-refractivity contribution in [2.24, 2.45) is 5.73 Å². The Morgan fingerprint density at radius 2 is 1.86 bits per heavy atom. The van der Waals surface area contributed by atoms with Crippen LogP contribution in [0.1, 0.15) is 23.1 Å². The SMILES string of the molecule is N[C@@H](Cc1cccc2ccccc12)C(=O)Nc1cncc(F)c1CC[C@@H]1CN[C@@H](CN(Cc2ccc(F)cc2)C(=O)O)CO1. The maximum absolute atomic E-state index is 14.9. The Morgan fingerprint density at radius 1 is 1.09 bits per heavy atom. The summed E-state index contributed by atoms with van der Waals surface area (Å²) in [5.41, 5.74) is 8.48. The van der Waals surface area contributed by atoms with E-state index in [-0.39, 0.29) is 49.8 Å². The number of aromatic nitrogens is 1. The van der Waals surface area contributed by atoms with Gasteiger partial charge < -0.3 is 31.1 Å². The average molecular weight is 604 g/mol. The summed E-state index contributed by atoms with van der Waals surface area (Å²) in [6, 6.07) is 18.4. The third kappa shape index (κ3) is 7.93. The number of rotatable bonds is 11. The molecule has 3 atom stereocenters. The Labute approximate surface area is 254 Å². The number of anilines is 1. The van der Waals surface area contributed by atoms with E-state index in [1.54, 1.807) is 12.1 Å². The fraction of sp³-hybridized carbons (Fsp3) is 0.303. The van der Waals surface area contributed by atoms with Crippen molar-refractivity contribution in [3.63, 3.8) is 0 Å². The lowest BCUT2D eigenvalue weighted by Crippen LogP contribution is -2.52. The predicted molar refractivity (Wildman–Crippen MR) is 163 cm³/mol. The molecule has 1 aliphatic heterocycles. The van der Waals surface area contributed by atoms with E-state index >= 15 is 0 Å². The molecule has 9 nitrogen and oxygen atoms in total. The smallest absolute Gasteiger partial charge is 0.407 e. The topological polar surface area (TPSA) is 130 Å². The first kappa shape index (κ1) is 31.0. The standard InChI is InChI=1S/C33H35F2N5O4/c34-24-10-8-21(9-11-24)18-40(33(42)43)19-25-20-44-26(15-38-25)12-13-28-29(35)16-37-17-31(28)39-32(41)30(36)14-23-6-3-5-22-4-1-2-7-27(22)23/h1-11,16-17,25-26,30,38H,12-15,18-20,36H2,(H,39,41)(H,42,43)/t25-,26+,30-/m0/s1. The van der Waals surface area contributed by atoms with Gasteiger partial charge in [-0.3, -0.25) is 9.78 Å². The van der Waals surface area contributed by atoms with Gasteiger partial charge in [-0.15, -0.1) is 0 Å². The lowest BCUT2D eigenvalue weighted by Gasteiger charge is -2.33. The van der Waals surface area contributed by atoms with Crippen molar-refractivity contribution in [3.05, 3.63) is 107 Å². The summed E-state index contributed by atoms with van der Waals surface area (Å²) < 4.78 is 34.1. The van der Waals surface area contributed by atoms with Crippen molar-refractivity contribution >= 4 is 28.5 Å². The molecule has 5 N–H and O–H groups in total. The van der Waals surface area contributed by atoms with E-state index in [0.29, 0.717) is 30.5 Å². The van der Waals surface area contributed by atoms with E-state index in [1.807, 2.05) is 42.5 Å². The van der Waals surface area contributed by atoms with E-state index in [2.05, 4.69) is 15.6 Å². The van der Waals surface area contributed by atoms with Gasteiger partial charge in [-0.05, 0) is 53.3 Å². The number of hydrogen-bond acceptors (Lipinski definition) is 6. The first-order valence-corrected chi connectivity index (χ1v) is 14.5. The van der Waals surface area contributed by atoms with E-state index in [0.717, 1.165) is 22.5 Å². The van der Waals surface area contributed by atoms with Gasteiger partial charge in [0, 0.05) is 31.2 Å². The van der Waals surface area contributed by atoms with E-state index < -0.39 is 23.9 Å². The number of pyridine rings is 1. The molecule has 4 aromatic rings. The number of halogens is 2. The molecule has 1 fully saturated rings. The summed E-state index contributed by atoms with van der Waals surface area (Å²) in [6.07, 6.45) is 2.26. The number of nitrogens with two attached hydrogens (primary N) is 1. The van der Waals surface area contributed by atoms with Crippen LogP contribution in [-0.4, -0.2) is 64.9 Å². The molecule has 11 heteroatoms. The number of nitrogens with zero attached hydrogens (tertiary/aromatic N) is 2. The number of ether oxygens (including phenoxy) is 1. The number of carbonyl (C=O) groups is 2. The number of nitrogens with one attached hydrogen (secondary N) is 2. The Hall–Kier alpha value is -4.45. The number of hydrogen-bond donors (Lipinski definition) is 4. The summed E-state index contributed by atoms with van der Waals surface area (Å²) in [5, 5.41) is 17.8. The molecule has 1 saturated heterocycles. The zero-order valence-corrected chi connectivity index (χ0v) is 24.1. The molecule has 1 aromatic heterocycles. The van der Waals surface area contributed by atoms with Crippen molar-refractivity contribution in [3.8, 4) is 0 Å². The monoisotopic (exact) mass is 603 g/mol. The molecule has 230 valence electrons. The number of benzene rings is 3. The molecule has 2 heterocycles. The highest BCUT2D eigenvalue weighted by Crippen LogP contribution is 2.23. The molecule has 2 amide bonds. The quantitative estimate of drug-likeness (QED) is 0.199. The molecule has 3 aromatic carbocycles. The summed E-state index contributed by atoms with van der Waals surface area (Å²) >= 11 is 0. The van der Waals surface area contributed by atoms with Gasteiger partial charge in [0.05, 0.1) is 36.8 Å². The van der Waals surface area contributed by atoms with Crippen molar-refractivity contribution in [2.45, 2.75) is 44.0 Å². The number of carboxylic acid groups (broad SMARTS) is 1. The Bertz CT molecular complexity index is 1590. The molecular weight excluding hydrogens is 568 g/mol. The Morgan fingerprint density at radius 3 is 2.61 bits per heavy atom. The molecule has 0 bridgehead atoms. The maximum Gasteiger partial charge on any atom is 0.407 e. The highest BCUT2D eigenvalue weighted by Gasteiger charge is 2.26. The Kier molecular flexibility index (Phi) is 10.1. The van der Waals surface area contributed by atoms with Crippen molar-refractivity contribution in [1.29, 1.82) is 0 Å². The fourth-order valence-corrected chi connectivity index (χ4v) is 5.41. The molecule has 1 aliphatic rings. The average Bonchev–Trinajstić information content (AvgIpc) is 3.02. The van der Waals surface area contributed by atoms with E-state index in [4.69, 9.17) is 10.5 Å². The number of amides is 2. The van der Waals surface area contributed by atoms with E-state index in [1.165, 1.54) is 23.2 Å². The number of fused-ring (bicyclic) bond motifs is 1. The largest absolute Gasteiger partial charge is 0.465 e. The van der Waals surface area contributed by atoms with E-state index in [9.17, 15) is 23.5 Å².